The van der Waals surface area contributed by atoms with Crippen LogP contribution in [0.1, 0.15) is 38.3 Å². The van der Waals surface area contributed by atoms with Crippen LogP contribution in [-0.4, -0.2) is 23.6 Å². The number of hydrogen-bond donors (Lipinski definition) is 0. The molecular formula is C16H21NO3. The maximum atomic E-state index is 12.3. The minimum Gasteiger partial charge on any atom is -0.454 e. The van der Waals surface area contributed by atoms with Gasteiger partial charge in [0, 0.05) is 19.0 Å². The molecule has 0 saturated carbocycles. The van der Waals surface area contributed by atoms with Gasteiger partial charge in [0.1, 0.15) is 0 Å². The summed E-state index contributed by atoms with van der Waals surface area (Å²) in [6.07, 6.45) is 1.50. The Morgan fingerprint density at radius 2 is 1.95 bits per heavy atom. The SMILES string of the molecule is CC(C)CC(=O)N1Cc2cc3c(cc2CC1C)OCO3. The van der Waals surface area contributed by atoms with E-state index < -0.39 is 0 Å². The third-order valence-electron chi connectivity index (χ3n) is 3.99. The molecule has 1 aromatic carbocycles. The van der Waals surface area contributed by atoms with Gasteiger partial charge in [0.05, 0.1) is 0 Å². The molecule has 2 heterocycles. The summed E-state index contributed by atoms with van der Waals surface area (Å²) in [6, 6.07) is 4.34. The number of benzene rings is 1. The summed E-state index contributed by atoms with van der Waals surface area (Å²) >= 11 is 0. The van der Waals surface area contributed by atoms with Gasteiger partial charge in [-0.1, -0.05) is 13.8 Å². The van der Waals surface area contributed by atoms with Crippen LogP contribution in [0.3, 0.4) is 0 Å². The minimum absolute atomic E-state index is 0.245. The van der Waals surface area contributed by atoms with Crippen molar-refractivity contribution in [2.75, 3.05) is 6.79 Å². The lowest BCUT2D eigenvalue weighted by atomic mass is 9.93. The van der Waals surface area contributed by atoms with Crippen molar-refractivity contribution < 1.29 is 14.3 Å². The topological polar surface area (TPSA) is 38.8 Å². The first-order chi connectivity index (χ1) is 9.54. The smallest absolute Gasteiger partial charge is 0.231 e. The molecule has 2 aliphatic heterocycles. The van der Waals surface area contributed by atoms with E-state index in [1.165, 1.54) is 11.1 Å². The number of amides is 1. The summed E-state index contributed by atoms with van der Waals surface area (Å²) in [5, 5.41) is 0. The maximum Gasteiger partial charge on any atom is 0.231 e. The molecule has 4 nitrogen and oxygen atoms in total. The second kappa shape index (κ2) is 5.00. The first kappa shape index (κ1) is 13.3. The van der Waals surface area contributed by atoms with Gasteiger partial charge in [-0.2, -0.15) is 0 Å². The van der Waals surface area contributed by atoms with Gasteiger partial charge in [-0.25, -0.2) is 0 Å². The Morgan fingerprint density at radius 1 is 1.30 bits per heavy atom. The maximum absolute atomic E-state index is 12.3. The molecule has 0 radical (unpaired) electrons. The Balaban J connectivity index is 1.84. The second-order valence-corrected chi connectivity index (χ2v) is 6.15. The molecule has 2 aliphatic rings. The van der Waals surface area contributed by atoms with Gasteiger partial charge in [0.25, 0.3) is 0 Å². The van der Waals surface area contributed by atoms with E-state index in [2.05, 4.69) is 26.8 Å². The van der Waals surface area contributed by atoms with E-state index in [0.717, 1.165) is 17.9 Å². The van der Waals surface area contributed by atoms with Crippen molar-refractivity contribution >= 4 is 5.91 Å². The summed E-state index contributed by atoms with van der Waals surface area (Å²) in [6.45, 7) is 7.26. The van der Waals surface area contributed by atoms with Crippen molar-refractivity contribution in [1.82, 2.24) is 4.90 Å². The summed E-state index contributed by atoms with van der Waals surface area (Å²) in [4.78, 5) is 14.3. The highest BCUT2D eigenvalue weighted by Gasteiger charge is 2.29. The largest absolute Gasteiger partial charge is 0.454 e. The summed E-state index contributed by atoms with van der Waals surface area (Å²) in [5.41, 5.74) is 2.46. The van der Waals surface area contributed by atoms with Gasteiger partial charge in [0.15, 0.2) is 11.5 Å². The average molecular weight is 275 g/mol. The third kappa shape index (κ3) is 2.35. The van der Waals surface area contributed by atoms with Crippen molar-refractivity contribution in [3.05, 3.63) is 23.3 Å². The molecule has 0 fully saturated rings. The fraction of sp³-hybridized carbons (Fsp3) is 0.562. The standard InChI is InChI=1S/C16H21NO3/c1-10(2)4-16(18)17-8-13-7-15-14(19-9-20-15)6-12(13)5-11(17)3/h6-7,10-11H,4-5,8-9H2,1-3H3. The van der Waals surface area contributed by atoms with E-state index in [-0.39, 0.29) is 11.9 Å². The van der Waals surface area contributed by atoms with Gasteiger partial charge in [0.2, 0.25) is 12.7 Å². The molecule has 1 amide bonds. The van der Waals surface area contributed by atoms with E-state index in [1.54, 1.807) is 0 Å². The van der Waals surface area contributed by atoms with Gasteiger partial charge < -0.3 is 14.4 Å². The van der Waals surface area contributed by atoms with Crippen LogP contribution < -0.4 is 9.47 Å². The molecule has 1 unspecified atom stereocenters. The van der Waals surface area contributed by atoms with E-state index >= 15 is 0 Å². The van der Waals surface area contributed by atoms with Crippen LogP contribution in [0, 0.1) is 5.92 Å². The second-order valence-electron chi connectivity index (χ2n) is 6.15. The van der Waals surface area contributed by atoms with Crippen LogP contribution in [0.2, 0.25) is 0 Å². The Morgan fingerprint density at radius 3 is 2.60 bits per heavy atom. The van der Waals surface area contributed by atoms with Crippen molar-refractivity contribution in [3.8, 4) is 11.5 Å². The van der Waals surface area contributed by atoms with Crippen molar-refractivity contribution in [1.29, 1.82) is 0 Å². The molecule has 108 valence electrons. The van der Waals surface area contributed by atoms with Gasteiger partial charge in [-0.05, 0) is 42.5 Å². The lowest BCUT2D eigenvalue weighted by Crippen LogP contribution is -2.42. The molecule has 1 atom stereocenters. The van der Waals surface area contributed by atoms with Crippen LogP contribution >= 0.6 is 0 Å². The number of fused-ring (bicyclic) bond motifs is 2. The van der Waals surface area contributed by atoms with Gasteiger partial charge >= 0.3 is 0 Å². The minimum atomic E-state index is 0.245. The molecule has 0 bridgehead atoms. The van der Waals surface area contributed by atoms with Crippen LogP contribution in [0.5, 0.6) is 11.5 Å². The molecule has 0 spiro atoms. The molecule has 4 heteroatoms. The molecule has 0 aromatic heterocycles. The first-order valence-corrected chi connectivity index (χ1v) is 7.25. The van der Waals surface area contributed by atoms with Crippen molar-refractivity contribution in [2.45, 2.75) is 46.2 Å². The van der Waals surface area contributed by atoms with E-state index in [1.807, 2.05) is 11.0 Å². The highest BCUT2D eigenvalue weighted by atomic mass is 16.7. The van der Waals surface area contributed by atoms with Crippen LogP contribution in [0.15, 0.2) is 12.1 Å². The molecule has 0 saturated heterocycles. The lowest BCUT2D eigenvalue weighted by Gasteiger charge is -2.35. The highest BCUT2D eigenvalue weighted by molar-refractivity contribution is 5.77. The number of rotatable bonds is 2. The van der Waals surface area contributed by atoms with E-state index in [4.69, 9.17) is 9.47 Å². The molecule has 1 aromatic rings. The van der Waals surface area contributed by atoms with Gasteiger partial charge in [-0.15, -0.1) is 0 Å². The Labute approximate surface area is 119 Å². The van der Waals surface area contributed by atoms with Gasteiger partial charge in [-0.3, -0.25) is 4.79 Å². The zero-order valence-corrected chi connectivity index (χ0v) is 12.3. The van der Waals surface area contributed by atoms with Crippen LogP contribution in [-0.2, 0) is 17.8 Å². The normalized spacial score (nSPS) is 20.2. The molecule has 3 rings (SSSR count). The van der Waals surface area contributed by atoms with Crippen LogP contribution in [0.25, 0.3) is 0 Å². The monoisotopic (exact) mass is 275 g/mol. The fourth-order valence-electron chi connectivity index (χ4n) is 2.93. The Kier molecular flexibility index (Phi) is 3.32. The number of nitrogens with zero attached hydrogens (tertiary/aromatic N) is 1. The number of ether oxygens (including phenoxy) is 2. The summed E-state index contributed by atoms with van der Waals surface area (Å²) in [7, 11) is 0. The predicted octanol–water partition coefficient (Wildman–Crippen LogP) is 2.73. The summed E-state index contributed by atoms with van der Waals surface area (Å²) in [5.74, 6) is 2.27. The fourth-order valence-corrected chi connectivity index (χ4v) is 2.93. The third-order valence-corrected chi connectivity index (χ3v) is 3.99. The average Bonchev–Trinajstić information content (AvgIpc) is 2.81. The first-order valence-electron chi connectivity index (χ1n) is 7.25. The van der Waals surface area contributed by atoms with E-state index in [9.17, 15) is 4.79 Å². The zero-order chi connectivity index (χ0) is 14.3. The molecule has 20 heavy (non-hydrogen) atoms. The Bertz CT molecular complexity index is 539. The highest BCUT2D eigenvalue weighted by Crippen LogP contribution is 2.37. The molecular weight excluding hydrogens is 254 g/mol. The van der Waals surface area contributed by atoms with E-state index in [0.29, 0.717) is 25.7 Å². The number of hydrogen-bond acceptors (Lipinski definition) is 3. The number of carbonyl (C=O) groups excluding carboxylic acids is 1. The lowest BCUT2D eigenvalue weighted by molar-refractivity contribution is -0.135. The van der Waals surface area contributed by atoms with Crippen LogP contribution in [0.4, 0.5) is 0 Å². The summed E-state index contributed by atoms with van der Waals surface area (Å²) < 4.78 is 10.8. The zero-order valence-electron chi connectivity index (χ0n) is 12.3. The van der Waals surface area contributed by atoms with Crippen molar-refractivity contribution in [2.24, 2.45) is 5.92 Å². The molecule has 0 aliphatic carbocycles. The number of carbonyl (C=O) groups is 1. The van der Waals surface area contributed by atoms with Crippen molar-refractivity contribution in [3.63, 3.8) is 0 Å². The Hall–Kier alpha value is -1.71. The predicted molar refractivity (Wildman–Crippen MR) is 75.7 cm³/mol. The molecule has 0 N–H and O–H groups in total. The quantitative estimate of drug-likeness (QED) is 0.833.